The number of benzene rings is 2. The molecule has 2 aromatic rings. The summed E-state index contributed by atoms with van der Waals surface area (Å²) >= 11 is 0. The third-order valence-corrected chi connectivity index (χ3v) is 2.48. The van der Waals surface area contributed by atoms with Gasteiger partial charge < -0.3 is 10.2 Å². The molecule has 0 saturated carbocycles. The molecule has 0 fully saturated rings. The second-order valence-corrected chi connectivity index (χ2v) is 3.66. The quantitative estimate of drug-likeness (QED) is 0.771. The van der Waals surface area contributed by atoms with Crippen molar-refractivity contribution in [1.82, 2.24) is 0 Å². The van der Waals surface area contributed by atoms with Gasteiger partial charge in [-0.15, -0.1) is 0 Å². The van der Waals surface area contributed by atoms with E-state index in [1.165, 1.54) is 12.1 Å². The average Bonchev–Trinajstić information content (AvgIpc) is 2.22. The second kappa shape index (κ2) is 3.85. The molecular formula is C13H11FO2. The van der Waals surface area contributed by atoms with E-state index in [0.29, 0.717) is 11.1 Å². The molecule has 0 bridgehead atoms. The van der Waals surface area contributed by atoms with E-state index in [2.05, 4.69) is 0 Å². The summed E-state index contributed by atoms with van der Waals surface area (Å²) in [7, 11) is 0. The van der Waals surface area contributed by atoms with Crippen LogP contribution in [-0.4, -0.2) is 10.2 Å². The first-order chi connectivity index (χ1) is 7.58. The molecule has 0 aromatic heterocycles. The van der Waals surface area contributed by atoms with Crippen molar-refractivity contribution in [2.75, 3.05) is 0 Å². The molecule has 0 aliphatic heterocycles. The van der Waals surface area contributed by atoms with Crippen molar-refractivity contribution in [3.05, 3.63) is 47.8 Å². The fourth-order valence-electron chi connectivity index (χ4n) is 1.53. The number of phenolic OH excluding ortho intramolecular Hbond substituents is 2. The highest BCUT2D eigenvalue weighted by Gasteiger charge is 2.07. The van der Waals surface area contributed by atoms with E-state index < -0.39 is 5.82 Å². The van der Waals surface area contributed by atoms with Crippen molar-refractivity contribution in [1.29, 1.82) is 0 Å². The Kier molecular flexibility index (Phi) is 2.52. The molecule has 0 saturated heterocycles. The van der Waals surface area contributed by atoms with E-state index in [-0.39, 0.29) is 11.5 Å². The fraction of sp³-hybridized carbons (Fsp3) is 0.0769. The third-order valence-electron chi connectivity index (χ3n) is 2.48. The summed E-state index contributed by atoms with van der Waals surface area (Å²) in [6.45, 7) is 1.78. The molecule has 0 unspecified atom stereocenters. The van der Waals surface area contributed by atoms with Gasteiger partial charge in [-0.3, -0.25) is 0 Å². The Morgan fingerprint density at radius 3 is 2.31 bits per heavy atom. The molecule has 0 atom stereocenters. The van der Waals surface area contributed by atoms with Gasteiger partial charge in [-0.25, -0.2) is 4.39 Å². The van der Waals surface area contributed by atoms with Gasteiger partial charge in [0, 0.05) is 11.6 Å². The summed E-state index contributed by atoms with van der Waals surface area (Å²) < 4.78 is 12.8. The van der Waals surface area contributed by atoms with Crippen molar-refractivity contribution in [3.8, 4) is 22.6 Å². The number of aryl methyl sites for hydroxylation is 1. The Labute approximate surface area is 92.6 Å². The van der Waals surface area contributed by atoms with Crippen molar-refractivity contribution in [3.63, 3.8) is 0 Å². The molecule has 2 nitrogen and oxygen atoms in total. The van der Waals surface area contributed by atoms with Crippen LogP contribution in [0.15, 0.2) is 36.4 Å². The zero-order chi connectivity index (χ0) is 11.7. The predicted octanol–water partition coefficient (Wildman–Crippen LogP) is 3.21. The van der Waals surface area contributed by atoms with Crippen LogP contribution in [0, 0.1) is 12.7 Å². The summed E-state index contributed by atoms with van der Waals surface area (Å²) in [6, 6.07) is 8.85. The summed E-state index contributed by atoms with van der Waals surface area (Å²) in [5, 5.41) is 19.1. The lowest BCUT2D eigenvalue weighted by Crippen LogP contribution is -1.82. The Morgan fingerprint density at radius 1 is 0.938 bits per heavy atom. The molecule has 0 aliphatic carbocycles. The minimum absolute atomic E-state index is 0.136. The lowest BCUT2D eigenvalue weighted by molar-refractivity contribution is 0.469. The van der Waals surface area contributed by atoms with Crippen molar-refractivity contribution in [2.24, 2.45) is 0 Å². The minimum Gasteiger partial charge on any atom is -0.508 e. The largest absolute Gasteiger partial charge is 0.508 e. The number of phenols is 2. The molecule has 0 spiro atoms. The van der Waals surface area contributed by atoms with Gasteiger partial charge in [0.25, 0.3) is 0 Å². The van der Waals surface area contributed by atoms with E-state index in [0.717, 1.165) is 11.6 Å². The maximum absolute atomic E-state index is 12.8. The van der Waals surface area contributed by atoms with Crippen LogP contribution in [0.5, 0.6) is 11.5 Å². The van der Waals surface area contributed by atoms with Gasteiger partial charge >= 0.3 is 0 Å². The number of hydrogen-bond acceptors (Lipinski definition) is 2. The van der Waals surface area contributed by atoms with Crippen LogP contribution in [0.4, 0.5) is 4.39 Å². The second-order valence-electron chi connectivity index (χ2n) is 3.66. The van der Waals surface area contributed by atoms with Crippen LogP contribution >= 0.6 is 0 Å². The lowest BCUT2D eigenvalue weighted by Gasteiger charge is -2.06. The highest BCUT2D eigenvalue weighted by molar-refractivity contribution is 5.71. The number of rotatable bonds is 1. The van der Waals surface area contributed by atoms with Gasteiger partial charge in [-0.1, -0.05) is 12.1 Å². The monoisotopic (exact) mass is 218 g/mol. The molecule has 16 heavy (non-hydrogen) atoms. The standard InChI is InChI=1S/C13H11FO2/c1-8-2-3-9(6-12(8)15)11-5-4-10(14)7-13(11)16/h2-7,15-16H,1H3. The summed E-state index contributed by atoms with van der Waals surface area (Å²) in [6.07, 6.45) is 0. The Bertz CT molecular complexity index is 535. The van der Waals surface area contributed by atoms with E-state index >= 15 is 0 Å². The normalized spacial score (nSPS) is 10.4. The van der Waals surface area contributed by atoms with Crippen LogP contribution < -0.4 is 0 Å². The van der Waals surface area contributed by atoms with Crippen LogP contribution in [-0.2, 0) is 0 Å². The first kappa shape index (κ1) is 10.5. The summed E-state index contributed by atoms with van der Waals surface area (Å²) in [4.78, 5) is 0. The van der Waals surface area contributed by atoms with Crippen LogP contribution in [0.1, 0.15) is 5.56 Å². The number of aromatic hydroxyl groups is 2. The van der Waals surface area contributed by atoms with Crippen LogP contribution in [0.25, 0.3) is 11.1 Å². The summed E-state index contributed by atoms with van der Waals surface area (Å²) in [5.74, 6) is -0.470. The van der Waals surface area contributed by atoms with Gasteiger partial charge in [-0.2, -0.15) is 0 Å². The molecule has 0 amide bonds. The first-order valence-electron chi connectivity index (χ1n) is 4.86. The molecule has 2 aromatic carbocycles. The molecule has 0 radical (unpaired) electrons. The zero-order valence-corrected chi connectivity index (χ0v) is 8.74. The van der Waals surface area contributed by atoms with Gasteiger partial charge in [0.2, 0.25) is 0 Å². The third kappa shape index (κ3) is 1.84. The number of halogens is 1. The highest BCUT2D eigenvalue weighted by Crippen LogP contribution is 2.32. The van der Waals surface area contributed by atoms with Crippen molar-refractivity contribution in [2.45, 2.75) is 6.92 Å². The molecule has 0 aliphatic rings. The van der Waals surface area contributed by atoms with Crippen molar-refractivity contribution >= 4 is 0 Å². The Hall–Kier alpha value is -2.03. The van der Waals surface area contributed by atoms with E-state index in [1.54, 1.807) is 25.1 Å². The van der Waals surface area contributed by atoms with E-state index in [4.69, 9.17) is 0 Å². The van der Waals surface area contributed by atoms with Gasteiger partial charge in [0.05, 0.1) is 0 Å². The van der Waals surface area contributed by atoms with Gasteiger partial charge in [-0.05, 0) is 36.2 Å². The smallest absolute Gasteiger partial charge is 0.126 e. The Balaban J connectivity index is 2.54. The topological polar surface area (TPSA) is 40.5 Å². The molecule has 2 N–H and O–H groups in total. The first-order valence-corrected chi connectivity index (χ1v) is 4.86. The van der Waals surface area contributed by atoms with Crippen LogP contribution in [0.2, 0.25) is 0 Å². The van der Waals surface area contributed by atoms with E-state index in [1.807, 2.05) is 0 Å². The highest BCUT2D eigenvalue weighted by atomic mass is 19.1. The zero-order valence-electron chi connectivity index (χ0n) is 8.74. The number of hydrogen-bond donors (Lipinski definition) is 2. The molecular weight excluding hydrogens is 207 g/mol. The SMILES string of the molecule is Cc1ccc(-c2ccc(F)cc2O)cc1O. The molecule has 0 heterocycles. The molecule has 2 rings (SSSR count). The lowest BCUT2D eigenvalue weighted by atomic mass is 10.0. The molecule has 3 heteroatoms. The fourth-order valence-corrected chi connectivity index (χ4v) is 1.53. The minimum atomic E-state index is -0.488. The van der Waals surface area contributed by atoms with Crippen molar-refractivity contribution < 1.29 is 14.6 Å². The van der Waals surface area contributed by atoms with Gasteiger partial charge in [0.15, 0.2) is 0 Å². The average molecular weight is 218 g/mol. The Morgan fingerprint density at radius 2 is 1.69 bits per heavy atom. The summed E-state index contributed by atoms with van der Waals surface area (Å²) in [5.41, 5.74) is 1.91. The maximum atomic E-state index is 12.8. The van der Waals surface area contributed by atoms with E-state index in [9.17, 15) is 14.6 Å². The van der Waals surface area contributed by atoms with Gasteiger partial charge in [0.1, 0.15) is 17.3 Å². The predicted molar refractivity (Wildman–Crippen MR) is 59.9 cm³/mol. The van der Waals surface area contributed by atoms with Crippen LogP contribution in [0.3, 0.4) is 0 Å². The maximum Gasteiger partial charge on any atom is 0.126 e. The molecule has 82 valence electrons.